The Kier molecular flexibility index (Phi) is 13.8. The summed E-state index contributed by atoms with van der Waals surface area (Å²) in [6.45, 7) is 13.6. The third-order valence-corrected chi connectivity index (χ3v) is 13.7. The van der Waals surface area contributed by atoms with Crippen molar-refractivity contribution in [1.29, 1.82) is 0 Å². The number of nitrogens with one attached hydrogen (secondary N) is 3. The third kappa shape index (κ3) is 9.49. The third-order valence-electron chi connectivity index (χ3n) is 13.7. The molecular formula is C43H67N7O4. The van der Waals surface area contributed by atoms with Gasteiger partial charge in [-0.3, -0.25) is 24.0 Å². The molecule has 1 spiro atoms. The highest BCUT2D eigenvalue weighted by Gasteiger charge is 2.50. The van der Waals surface area contributed by atoms with Crippen LogP contribution in [0.4, 0.5) is 5.69 Å². The molecule has 54 heavy (non-hydrogen) atoms. The van der Waals surface area contributed by atoms with Crippen molar-refractivity contribution in [2.45, 2.75) is 136 Å². The van der Waals surface area contributed by atoms with Crippen molar-refractivity contribution in [3.63, 3.8) is 0 Å². The maximum absolute atomic E-state index is 14.4. The number of amides is 3. The van der Waals surface area contributed by atoms with Crippen molar-refractivity contribution in [2.24, 2.45) is 17.3 Å². The van der Waals surface area contributed by atoms with Gasteiger partial charge >= 0.3 is 0 Å². The molecule has 298 valence electrons. The van der Waals surface area contributed by atoms with Gasteiger partial charge in [-0.05, 0) is 87.0 Å². The van der Waals surface area contributed by atoms with Crippen molar-refractivity contribution in [1.82, 2.24) is 30.6 Å². The van der Waals surface area contributed by atoms with Crippen molar-refractivity contribution in [3.8, 4) is 11.1 Å². The van der Waals surface area contributed by atoms with E-state index in [4.69, 9.17) is 9.84 Å². The van der Waals surface area contributed by atoms with Gasteiger partial charge < -0.3 is 25.6 Å². The van der Waals surface area contributed by atoms with E-state index >= 15 is 0 Å². The first kappa shape index (κ1) is 40.2. The molecule has 3 atom stereocenters. The lowest BCUT2D eigenvalue weighted by Gasteiger charge is -2.51. The number of ether oxygens (including phenoxy) is 1. The Labute approximate surface area is 323 Å². The van der Waals surface area contributed by atoms with E-state index in [0.717, 1.165) is 100 Å². The van der Waals surface area contributed by atoms with Crippen LogP contribution in [0.25, 0.3) is 11.1 Å². The average molecular weight is 746 g/mol. The maximum atomic E-state index is 14.4. The molecule has 3 N–H and O–H groups in total. The molecule has 3 heterocycles. The highest BCUT2D eigenvalue weighted by molar-refractivity contribution is 5.99. The van der Waals surface area contributed by atoms with Gasteiger partial charge in [0.25, 0.3) is 5.91 Å². The molecule has 4 fully saturated rings. The Bertz CT molecular complexity index is 1570. The Morgan fingerprint density at radius 2 is 1.63 bits per heavy atom. The molecule has 3 unspecified atom stereocenters. The zero-order valence-corrected chi connectivity index (χ0v) is 33.8. The Morgan fingerprint density at radius 1 is 0.963 bits per heavy atom. The summed E-state index contributed by atoms with van der Waals surface area (Å²) in [5, 5.41) is 14.5. The number of carbonyl (C=O) groups is 3. The summed E-state index contributed by atoms with van der Waals surface area (Å²) >= 11 is 0. The quantitative estimate of drug-likeness (QED) is 0.270. The van der Waals surface area contributed by atoms with Crippen LogP contribution >= 0.6 is 0 Å². The molecule has 1 aromatic heterocycles. The number of hydrogen-bond acceptors (Lipinski definition) is 7. The molecule has 2 saturated carbocycles. The van der Waals surface area contributed by atoms with Crippen molar-refractivity contribution in [2.75, 3.05) is 51.3 Å². The summed E-state index contributed by atoms with van der Waals surface area (Å²) in [5.41, 5.74) is 4.57. The summed E-state index contributed by atoms with van der Waals surface area (Å²) < 4.78 is 7.52. The van der Waals surface area contributed by atoms with Crippen LogP contribution in [0.5, 0.6) is 0 Å². The van der Waals surface area contributed by atoms with Crippen LogP contribution < -0.4 is 20.9 Å². The minimum Gasteiger partial charge on any atom is -0.379 e. The Morgan fingerprint density at radius 3 is 2.30 bits per heavy atom. The van der Waals surface area contributed by atoms with Crippen molar-refractivity contribution in [3.05, 3.63) is 35.7 Å². The molecule has 6 rings (SSSR count). The number of morpholine rings is 1. The molecule has 0 bridgehead atoms. The summed E-state index contributed by atoms with van der Waals surface area (Å²) in [6.07, 6.45) is 18.9. The zero-order chi connectivity index (χ0) is 38.2. The van der Waals surface area contributed by atoms with Crippen LogP contribution in [-0.4, -0.2) is 97.0 Å². The van der Waals surface area contributed by atoms with Gasteiger partial charge in [0.1, 0.15) is 0 Å². The van der Waals surface area contributed by atoms with Gasteiger partial charge in [-0.25, -0.2) is 0 Å². The molecule has 11 heteroatoms. The molecule has 2 aliphatic carbocycles. The average Bonchev–Trinajstić information content (AvgIpc) is 3.65. The highest BCUT2D eigenvalue weighted by Crippen LogP contribution is 2.48. The van der Waals surface area contributed by atoms with E-state index in [0.29, 0.717) is 18.2 Å². The second kappa shape index (κ2) is 18.5. The predicted molar refractivity (Wildman–Crippen MR) is 215 cm³/mol. The minimum atomic E-state index is -0.276. The number of nitrogens with zero attached hydrogens (tertiary/aromatic N) is 4. The van der Waals surface area contributed by atoms with Crippen LogP contribution in [-0.2, 0) is 20.9 Å². The minimum absolute atomic E-state index is 0.0248. The van der Waals surface area contributed by atoms with E-state index < -0.39 is 0 Å². The van der Waals surface area contributed by atoms with Gasteiger partial charge in [0.05, 0.1) is 31.9 Å². The van der Waals surface area contributed by atoms with Gasteiger partial charge in [0, 0.05) is 81.3 Å². The smallest absolute Gasteiger partial charge is 0.251 e. The van der Waals surface area contributed by atoms with E-state index in [1.54, 1.807) is 6.92 Å². The normalized spacial score (nSPS) is 26.8. The number of benzene rings is 1. The van der Waals surface area contributed by atoms with E-state index in [1.165, 1.54) is 44.9 Å². The van der Waals surface area contributed by atoms with Crippen molar-refractivity contribution >= 4 is 23.4 Å². The number of aromatic nitrogens is 2. The first-order chi connectivity index (χ1) is 26.1. The standard InChI is InChI=1S/C43H67N7O4/c1-30-38(41(52)44-28-39-31(2)43(32(3)46-42(39)53)17-11-9-7-6-8-10-12-18-43)25-34(35-27-45-50(29-35)20-19-49-21-23-54-24-22-49)26-40(30)48(5)37-15-13-36(14-16-37)47-33(4)51/h25-27,29,31-32,36-37,39H,6-24,28H2,1-5H3,(H,44,52)(H,46,53)(H,47,51). The molecule has 11 nitrogen and oxygen atoms in total. The number of anilines is 1. The fraction of sp³-hybridized carbons (Fsp3) is 0.721. The van der Waals surface area contributed by atoms with Crippen LogP contribution in [0.15, 0.2) is 24.5 Å². The number of hydrogen-bond donors (Lipinski definition) is 3. The number of piperidine rings is 1. The van der Waals surface area contributed by atoms with Crippen LogP contribution in [0.1, 0.15) is 120 Å². The predicted octanol–water partition coefficient (Wildman–Crippen LogP) is 6.09. The van der Waals surface area contributed by atoms with Crippen LogP contribution in [0.3, 0.4) is 0 Å². The Balaban J connectivity index is 1.23. The summed E-state index contributed by atoms with van der Waals surface area (Å²) in [6, 6.07) is 4.84. The van der Waals surface area contributed by atoms with Crippen LogP contribution in [0.2, 0.25) is 0 Å². The largest absolute Gasteiger partial charge is 0.379 e. The fourth-order valence-corrected chi connectivity index (χ4v) is 10.1. The van der Waals surface area contributed by atoms with E-state index in [9.17, 15) is 14.4 Å². The molecule has 0 radical (unpaired) electrons. The Hall–Kier alpha value is -3.44. The number of rotatable bonds is 10. The molecular weight excluding hydrogens is 679 g/mol. The van der Waals surface area contributed by atoms with Gasteiger partial charge in [0.15, 0.2) is 0 Å². The maximum Gasteiger partial charge on any atom is 0.251 e. The summed E-state index contributed by atoms with van der Waals surface area (Å²) in [5.74, 6) is -0.162. The highest BCUT2D eigenvalue weighted by atomic mass is 16.5. The molecule has 3 amide bonds. The lowest BCUT2D eigenvalue weighted by Crippen LogP contribution is -2.61. The van der Waals surface area contributed by atoms with Gasteiger partial charge in [-0.15, -0.1) is 0 Å². The molecule has 1 aromatic carbocycles. The molecule has 2 saturated heterocycles. The molecule has 2 aliphatic heterocycles. The SMILES string of the molecule is CC(=O)NC1CCC(N(C)c2cc(-c3cnn(CCN4CCOCC4)c3)cc(C(=O)NCC3C(=O)NC(C)C4(CCCCCCCCC4)C3C)c2C)CC1. The molecule has 4 aliphatic rings. The second-order valence-electron chi connectivity index (χ2n) is 17.0. The van der Waals surface area contributed by atoms with Crippen molar-refractivity contribution < 1.29 is 19.1 Å². The summed E-state index contributed by atoms with van der Waals surface area (Å²) in [7, 11) is 2.14. The fourth-order valence-electron chi connectivity index (χ4n) is 10.1. The molecule has 2 aromatic rings. The monoisotopic (exact) mass is 746 g/mol. The van der Waals surface area contributed by atoms with E-state index in [2.05, 4.69) is 58.9 Å². The van der Waals surface area contributed by atoms with Gasteiger partial charge in [0.2, 0.25) is 11.8 Å². The van der Waals surface area contributed by atoms with Crippen LogP contribution in [0, 0.1) is 24.2 Å². The van der Waals surface area contributed by atoms with Gasteiger partial charge in [-0.2, -0.15) is 5.10 Å². The van der Waals surface area contributed by atoms with Gasteiger partial charge in [-0.1, -0.05) is 51.9 Å². The lowest BCUT2D eigenvalue weighted by molar-refractivity contribution is -0.137. The second-order valence-corrected chi connectivity index (χ2v) is 17.0. The van der Waals surface area contributed by atoms with E-state index in [-0.39, 0.29) is 47.1 Å². The lowest BCUT2D eigenvalue weighted by atomic mass is 9.58. The first-order valence-electron chi connectivity index (χ1n) is 21.1. The summed E-state index contributed by atoms with van der Waals surface area (Å²) in [4.78, 5) is 44.5. The topological polar surface area (TPSA) is 121 Å². The number of carbonyl (C=O) groups excluding carboxylic acids is 3. The van der Waals surface area contributed by atoms with E-state index in [1.807, 2.05) is 23.9 Å². The zero-order valence-electron chi connectivity index (χ0n) is 33.8. The first-order valence-corrected chi connectivity index (χ1v) is 21.1.